The number of hydrogen-bond acceptors (Lipinski definition) is 2. The van der Waals surface area contributed by atoms with Crippen LogP contribution in [0.3, 0.4) is 0 Å². The number of carboxylic acid groups (broad SMARTS) is 1. The number of carbonyl (C=O) groups is 2. The van der Waals surface area contributed by atoms with Crippen molar-refractivity contribution in [1.82, 2.24) is 10.6 Å². The maximum Gasteiger partial charge on any atom is 0.405 e. The molecule has 1 aliphatic rings. The van der Waals surface area contributed by atoms with Crippen LogP contribution in [0.2, 0.25) is 0 Å². The standard InChI is InChI=1S/C7H12N2O3/c1-3-4(2)8-6(10)5(3)9-7(11)12/h3-5,9H,1-2H3,(H,8,10)(H,11,12)/t3-,4-,5+/m0/s1. The van der Waals surface area contributed by atoms with E-state index in [4.69, 9.17) is 5.11 Å². The molecule has 12 heavy (non-hydrogen) atoms. The first-order chi connectivity index (χ1) is 5.52. The van der Waals surface area contributed by atoms with E-state index in [0.717, 1.165) is 0 Å². The monoisotopic (exact) mass is 172 g/mol. The van der Waals surface area contributed by atoms with Crippen molar-refractivity contribution >= 4 is 12.0 Å². The normalized spacial score (nSPS) is 34.5. The van der Waals surface area contributed by atoms with Gasteiger partial charge >= 0.3 is 6.09 Å². The van der Waals surface area contributed by atoms with Crippen molar-refractivity contribution in [3.8, 4) is 0 Å². The van der Waals surface area contributed by atoms with E-state index in [0.29, 0.717) is 0 Å². The molecule has 0 radical (unpaired) electrons. The molecule has 0 aromatic heterocycles. The fourth-order valence-electron chi connectivity index (χ4n) is 1.30. The van der Waals surface area contributed by atoms with E-state index in [2.05, 4.69) is 10.6 Å². The lowest BCUT2D eigenvalue weighted by molar-refractivity contribution is -0.121. The fourth-order valence-corrected chi connectivity index (χ4v) is 1.30. The molecule has 5 nitrogen and oxygen atoms in total. The van der Waals surface area contributed by atoms with E-state index in [1.165, 1.54) is 0 Å². The molecule has 0 saturated carbocycles. The minimum Gasteiger partial charge on any atom is -0.465 e. The Bertz CT molecular complexity index is 217. The first kappa shape index (κ1) is 8.83. The van der Waals surface area contributed by atoms with Gasteiger partial charge in [0.05, 0.1) is 0 Å². The summed E-state index contributed by atoms with van der Waals surface area (Å²) >= 11 is 0. The van der Waals surface area contributed by atoms with Gasteiger partial charge in [-0.1, -0.05) is 6.92 Å². The van der Waals surface area contributed by atoms with Crippen LogP contribution in [0.15, 0.2) is 0 Å². The van der Waals surface area contributed by atoms with Crippen LogP contribution in [0.5, 0.6) is 0 Å². The van der Waals surface area contributed by atoms with Gasteiger partial charge in [-0.25, -0.2) is 4.79 Å². The highest BCUT2D eigenvalue weighted by Gasteiger charge is 2.37. The highest BCUT2D eigenvalue weighted by molar-refractivity contribution is 5.87. The molecule has 0 aromatic rings. The van der Waals surface area contributed by atoms with Gasteiger partial charge in [0.25, 0.3) is 0 Å². The van der Waals surface area contributed by atoms with E-state index in [1.54, 1.807) is 0 Å². The van der Waals surface area contributed by atoms with E-state index in [-0.39, 0.29) is 17.9 Å². The molecule has 1 rings (SSSR count). The SMILES string of the molecule is C[C@H]1[C@H](C)NC(=O)[C@@H]1NC(=O)O. The van der Waals surface area contributed by atoms with Gasteiger partial charge in [0, 0.05) is 12.0 Å². The Morgan fingerprint density at radius 2 is 2.17 bits per heavy atom. The molecule has 3 atom stereocenters. The molecule has 1 aliphatic heterocycles. The Kier molecular flexibility index (Phi) is 2.21. The number of carbonyl (C=O) groups excluding carboxylic acids is 1. The third-order valence-electron chi connectivity index (χ3n) is 2.25. The lowest BCUT2D eigenvalue weighted by Gasteiger charge is -2.13. The van der Waals surface area contributed by atoms with E-state index in [9.17, 15) is 9.59 Å². The molecule has 0 aliphatic carbocycles. The van der Waals surface area contributed by atoms with Crippen LogP contribution >= 0.6 is 0 Å². The summed E-state index contributed by atoms with van der Waals surface area (Å²) in [5, 5.41) is 13.2. The Morgan fingerprint density at radius 1 is 1.58 bits per heavy atom. The van der Waals surface area contributed by atoms with E-state index >= 15 is 0 Å². The number of hydrogen-bond donors (Lipinski definition) is 3. The Morgan fingerprint density at radius 3 is 2.50 bits per heavy atom. The molecule has 0 spiro atoms. The summed E-state index contributed by atoms with van der Waals surface area (Å²) in [5.41, 5.74) is 0. The number of nitrogens with one attached hydrogen (secondary N) is 2. The first-order valence-electron chi connectivity index (χ1n) is 3.82. The minimum atomic E-state index is -1.16. The van der Waals surface area contributed by atoms with Gasteiger partial charge in [-0.15, -0.1) is 0 Å². The van der Waals surface area contributed by atoms with Crippen molar-refractivity contribution in [1.29, 1.82) is 0 Å². The summed E-state index contributed by atoms with van der Waals surface area (Å²) in [7, 11) is 0. The number of amides is 2. The molecule has 1 heterocycles. The Hall–Kier alpha value is -1.26. The van der Waals surface area contributed by atoms with Crippen molar-refractivity contribution in [3.05, 3.63) is 0 Å². The molecule has 2 amide bonds. The summed E-state index contributed by atoms with van der Waals surface area (Å²) < 4.78 is 0. The highest BCUT2D eigenvalue weighted by Crippen LogP contribution is 2.15. The van der Waals surface area contributed by atoms with Crippen molar-refractivity contribution in [2.24, 2.45) is 5.92 Å². The molecule has 0 bridgehead atoms. The minimum absolute atomic E-state index is 0.00796. The van der Waals surface area contributed by atoms with Crippen LogP contribution in [-0.2, 0) is 4.79 Å². The highest BCUT2D eigenvalue weighted by atomic mass is 16.4. The van der Waals surface area contributed by atoms with Crippen LogP contribution in [-0.4, -0.2) is 29.2 Å². The predicted molar refractivity (Wildman–Crippen MR) is 41.7 cm³/mol. The van der Waals surface area contributed by atoms with Gasteiger partial charge in [-0.3, -0.25) is 4.79 Å². The van der Waals surface area contributed by atoms with E-state index in [1.807, 2.05) is 13.8 Å². The summed E-state index contributed by atoms with van der Waals surface area (Å²) in [6.45, 7) is 3.69. The number of rotatable bonds is 1. The Labute approximate surface area is 70.1 Å². The predicted octanol–water partition coefficient (Wildman–Crippen LogP) is -0.223. The average molecular weight is 172 g/mol. The molecule has 68 valence electrons. The quantitative estimate of drug-likeness (QED) is 0.511. The second-order valence-corrected chi connectivity index (χ2v) is 3.08. The summed E-state index contributed by atoms with van der Waals surface area (Å²) in [6, 6.07) is -0.563. The molecule has 1 saturated heterocycles. The summed E-state index contributed by atoms with van der Waals surface area (Å²) in [6.07, 6.45) is -1.16. The topological polar surface area (TPSA) is 78.4 Å². The third kappa shape index (κ3) is 1.49. The molecule has 0 unspecified atom stereocenters. The molecular formula is C7H12N2O3. The van der Waals surface area contributed by atoms with Gasteiger partial charge in [0.1, 0.15) is 6.04 Å². The molecular weight excluding hydrogens is 160 g/mol. The zero-order valence-corrected chi connectivity index (χ0v) is 7.00. The van der Waals surface area contributed by atoms with Crippen molar-refractivity contribution in [2.75, 3.05) is 0 Å². The third-order valence-corrected chi connectivity index (χ3v) is 2.25. The smallest absolute Gasteiger partial charge is 0.405 e. The van der Waals surface area contributed by atoms with Gasteiger partial charge < -0.3 is 15.7 Å². The molecule has 0 aromatic carbocycles. The van der Waals surface area contributed by atoms with Gasteiger partial charge in [0.15, 0.2) is 0 Å². The lowest BCUT2D eigenvalue weighted by Crippen LogP contribution is -2.42. The van der Waals surface area contributed by atoms with Gasteiger partial charge in [-0.05, 0) is 6.92 Å². The zero-order chi connectivity index (χ0) is 9.30. The fraction of sp³-hybridized carbons (Fsp3) is 0.714. The second-order valence-electron chi connectivity index (χ2n) is 3.08. The van der Waals surface area contributed by atoms with Crippen LogP contribution in [0.1, 0.15) is 13.8 Å². The average Bonchev–Trinajstić information content (AvgIpc) is 2.16. The first-order valence-corrected chi connectivity index (χ1v) is 3.82. The van der Waals surface area contributed by atoms with Crippen molar-refractivity contribution < 1.29 is 14.7 Å². The van der Waals surface area contributed by atoms with E-state index < -0.39 is 12.1 Å². The second kappa shape index (κ2) is 3.00. The lowest BCUT2D eigenvalue weighted by atomic mass is 10.0. The van der Waals surface area contributed by atoms with Crippen LogP contribution < -0.4 is 10.6 Å². The van der Waals surface area contributed by atoms with Crippen LogP contribution in [0, 0.1) is 5.92 Å². The largest absolute Gasteiger partial charge is 0.465 e. The van der Waals surface area contributed by atoms with Gasteiger partial charge in [0.2, 0.25) is 5.91 Å². The zero-order valence-electron chi connectivity index (χ0n) is 7.00. The Balaban J connectivity index is 2.63. The summed E-state index contributed by atoms with van der Waals surface area (Å²) in [5.74, 6) is -0.231. The van der Waals surface area contributed by atoms with Crippen LogP contribution in [0.25, 0.3) is 0 Å². The molecule has 5 heteroatoms. The van der Waals surface area contributed by atoms with Gasteiger partial charge in [-0.2, -0.15) is 0 Å². The maximum atomic E-state index is 11.1. The maximum absolute atomic E-state index is 11.1. The van der Waals surface area contributed by atoms with Crippen LogP contribution in [0.4, 0.5) is 4.79 Å². The molecule has 3 N–H and O–H groups in total. The molecule has 1 fully saturated rings. The van der Waals surface area contributed by atoms with Crippen molar-refractivity contribution in [3.63, 3.8) is 0 Å². The summed E-state index contributed by atoms with van der Waals surface area (Å²) in [4.78, 5) is 21.4. The van der Waals surface area contributed by atoms with Crippen molar-refractivity contribution in [2.45, 2.75) is 25.9 Å².